The number of rotatable bonds is 8. The van der Waals surface area contributed by atoms with Gasteiger partial charge in [-0.05, 0) is 66.1 Å². The van der Waals surface area contributed by atoms with E-state index in [1.54, 1.807) is 0 Å². The molecule has 5 nitrogen and oxygen atoms in total. The summed E-state index contributed by atoms with van der Waals surface area (Å²) in [6.45, 7) is 7.27. The van der Waals surface area contributed by atoms with Gasteiger partial charge in [0.25, 0.3) is 5.56 Å². The number of fused-ring (bicyclic) bond motifs is 1. The van der Waals surface area contributed by atoms with Crippen molar-refractivity contribution in [2.45, 2.75) is 39.5 Å². The number of carbonyl (C=O) groups is 1. The van der Waals surface area contributed by atoms with E-state index >= 15 is 0 Å². The topological polar surface area (TPSA) is 71.2 Å². The van der Waals surface area contributed by atoms with Gasteiger partial charge < -0.3 is 15.0 Å². The van der Waals surface area contributed by atoms with Crippen molar-refractivity contribution in [3.8, 4) is 5.75 Å². The summed E-state index contributed by atoms with van der Waals surface area (Å²) in [6.07, 6.45) is 0.796. The predicted octanol–water partition coefficient (Wildman–Crippen LogP) is 3.95. The fourth-order valence-electron chi connectivity index (χ4n) is 3.27. The van der Waals surface area contributed by atoms with Crippen LogP contribution in [0.1, 0.15) is 43.4 Å². The van der Waals surface area contributed by atoms with Crippen molar-refractivity contribution < 1.29 is 9.53 Å². The number of nitrogens with one attached hydrogen (secondary N) is 2. The summed E-state index contributed by atoms with van der Waals surface area (Å²) in [5.41, 5.74) is 3.58. The van der Waals surface area contributed by atoms with Crippen molar-refractivity contribution in [2.75, 3.05) is 13.2 Å². The second-order valence-corrected chi connectivity index (χ2v) is 7.48. The van der Waals surface area contributed by atoms with E-state index < -0.39 is 0 Å². The molecule has 2 N–H and O–H groups in total. The summed E-state index contributed by atoms with van der Waals surface area (Å²) in [5.74, 6) is 1.16. The minimum atomic E-state index is -0.101. The summed E-state index contributed by atoms with van der Waals surface area (Å²) >= 11 is 0. The number of amides is 1. The average molecular weight is 392 g/mol. The molecule has 0 aliphatic heterocycles. The van der Waals surface area contributed by atoms with Gasteiger partial charge in [0.15, 0.2) is 0 Å². The molecule has 5 heteroatoms. The fourth-order valence-corrected chi connectivity index (χ4v) is 3.27. The van der Waals surface area contributed by atoms with Gasteiger partial charge >= 0.3 is 0 Å². The van der Waals surface area contributed by atoms with Crippen LogP contribution in [0.15, 0.2) is 53.3 Å². The molecule has 0 spiro atoms. The van der Waals surface area contributed by atoms with E-state index in [9.17, 15) is 9.59 Å². The SMILES string of the molecule is CCOc1ccc(CC(=O)NCCc2cc3cc(C(C)C)ccc3[nH]c2=O)cc1. The highest BCUT2D eigenvalue weighted by Gasteiger charge is 2.08. The molecule has 29 heavy (non-hydrogen) atoms. The molecule has 3 aromatic rings. The molecule has 0 saturated carbocycles. The van der Waals surface area contributed by atoms with E-state index in [1.165, 1.54) is 5.56 Å². The Labute approximate surface area is 171 Å². The highest BCUT2D eigenvalue weighted by Crippen LogP contribution is 2.20. The van der Waals surface area contributed by atoms with Crippen LogP contribution in [0, 0.1) is 0 Å². The second-order valence-electron chi connectivity index (χ2n) is 7.48. The van der Waals surface area contributed by atoms with Crippen LogP contribution in [0.2, 0.25) is 0 Å². The molecule has 3 rings (SSSR count). The second kappa shape index (κ2) is 9.41. The van der Waals surface area contributed by atoms with Crippen molar-refractivity contribution in [1.29, 1.82) is 0 Å². The third kappa shape index (κ3) is 5.47. The summed E-state index contributed by atoms with van der Waals surface area (Å²) < 4.78 is 5.41. The van der Waals surface area contributed by atoms with Crippen LogP contribution in [0.5, 0.6) is 5.75 Å². The maximum atomic E-state index is 12.3. The van der Waals surface area contributed by atoms with Crippen LogP contribution >= 0.6 is 0 Å². The van der Waals surface area contributed by atoms with Gasteiger partial charge in [0.2, 0.25) is 5.91 Å². The van der Waals surface area contributed by atoms with Crippen LogP contribution in [0.4, 0.5) is 0 Å². The fraction of sp³-hybridized carbons (Fsp3) is 0.333. The zero-order valence-electron chi connectivity index (χ0n) is 17.2. The first-order chi connectivity index (χ1) is 14.0. The number of carbonyl (C=O) groups excluding carboxylic acids is 1. The van der Waals surface area contributed by atoms with Crippen LogP contribution in [0.25, 0.3) is 10.9 Å². The minimum Gasteiger partial charge on any atom is -0.494 e. The first kappa shape index (κ1) is 20.6. The van der Waals surface area contributed by atoms with Gasteiger partial charge in [-0.3, -0.25) is 9.59 Å². The summed E-state index contributed by atoms with van der Waals surface area (Å²) in [4.78, 5) is 27.5. The van der Waals surface area contributed by atoms with Crippen molar-refractivity contribution in [2.24, 2.45) is 0 Å². The Bertz CT molecular complexity index is 1040. The normalized spacial score (nSPS) is 11.0. The Morgan fingerprint density at radius 1 is 1.10 bits per heavy atom. The number of H-pyrrole nitrogens is 1. The standard InChI is InChI=1S/C24H28N2O3/c1-4-29-21-8-5-17(6-9-21)13-23(27)25-12-11-19-15-20-14-18(16(2)3)7-10-22(20)26-24(19)28/h5-10,14-16H,4,11-13H2,1-3H3,(H,25,27)(H,26,28). The number of benzene rings is 2. The summed E-state index contributed by atoms with van der Waals surface area (Å²) in [5, 5.41) is 3.92. The van der Waals surface area contributed by atoms with E-state index in [0.717, 1.165) is 22.2 Å². The average Bonchev–Trinajstić information content (AvgIpc) is 2.69. The van der Waals surface area contributed by atoms with Gasteiger partial charge in [-0.2, -0.15) is 0 Å². The Morgan fingerprint density at radius 3 is 2.55 bits per heavy atom. The predicted molar refractivity (Wildman–Crippen MR) is 117 cm³/mol. The molecule has 0 radical (unpaired) electrons. The molecule has 0 aliphatic carbocycles. The quantitative estimate of drug-likeness (QED) is 0.610. The Kier molecular flexibility index (Phi) is 6.70. The third-order valence-corrected chi connectivity index (χ3v) is 4.93. The number of hydrogen-bond acceptors (Lipinski definition) is 3. The zero-order valence-corrected chi connectivity index (χ0v) is 17.2. The van der Waals surface area contributed by atoms with E-state index in [1.807, 2.05) is 49.4 Å². The van der Waals surface area contributed by atoms with Crippen LogP contribution in [-0.4, -0.2) is 24.0 Å². The molecule has 0 atom stereocenters. The highest BCUT2D eigenvalue weighted by molar-refractivity contribution is 5.80. The smallest absolute Gasteiger partial charge is 0.251 e. The molecule has 2 aromatic carbocycles. The molecular formula is C24H28N2O3. The number of aromatic nitrogens is 1. The molecule has 0 saturated heterocycles. The van der Waals surface area contributed by atoms with Crippen molar-refractivity contribution in [3.63, 3.8) is 0 Å². The van der Waals surface area contributed by atoms with E-state index in [2.05, 4.69) is 30.2 Å². The van der Waals surface area contributed by atoms with Gasteiger partial charge in [0.1, 0.15) is 5.75 Å². The van der Waals surface area contributed by atoms with Crippen molar-refractivity contribution in [3.05, 3.63) is 75.6 Å². The van der Waals surface area contributed by atoms with Gasteiger partial charge in [-0.15, -0.1) is 0 Å². The molecule has 152 valence electrons. The first-order valence-electron chi connectivity index (χ1n) is 10.1. The molecule has 0 fully saturated rings. The monoisotopic (exact) mass is 392 g/mol. The number of aromatic amines is 1. The lowest BCUT2D eigenvalue weighted by Gasteiger charge is -2.09. The lowest BCUT2D eigenvalue weighted by molar-refractivity contribution is -0.120. The maximum absolute atomic E-state index is 12.3. The third-order valence-electron chi connectivity index (χ3n) is 4.93. The van der Waals surface area contributed by atoms with Gasteiger partial charge in [-0.25, -0.2) is 0 Å². The molecular weight excluding hydrogens is 364 g/mol. The largest absolute Gasteiger partial charge is 0.494 e. The Hall–Kier alpha value is -3.08. The van der Waals surface area contributed by atoms with Gasteiger partial charge in [0, 0.05) is 17.6 Å². The van der Waals surface area contributed by atoms with Crippen LogP contribution in [-0.2, 0) is 17.6 Å². The summed E-state index contributed by atoms with van der Waals surface area (Å²) in [7, 11) is 0. The molecule has 0 unspecified atom stereocenters. The first-order valence-corrected chi connectivity index (χ1v) is 10.1. The zero-order chi connectivity index (χ0) is 20.8. The Morgan fingerprint density at radius 2 is 1.86 bits per heavy atom. The number of ether oxygens (including phenoxy) is 1. The van der Waals surface area contributed by atoms with Crippen LogP contribution < -0.4 is 15.6 Å². The highest BCUT2D eigenvalue weighted by atomic mass is 16.5. The minimum absolute atomic E-state index is 0.0616. The van der Waals surface area contributed by atoms with Crippen molar-refractivity contribution >= 4 is 16.8 Å². The lowest BCUT2D eigenvalue weighted by Crippen LogP contribution is -2.28. The number of hydrogen-bond donors (Lipinski definition) is 2. The van der Waals surface area contributed by atoms with E-state index in [0.29, 0.717) is 37.5 Å². The molecule has 1 heterocycles. The molecule has 0 aliphatic rings. The Balaban J connectivity index is 1.59. The molecule has 1 amide bonds. The van der Waals surface area contributed by atoms with E-state index in [4.69, 9.17) is 4.74 Å². The van der Waals surface area contributed by atoms with Gasteiger partial charge in [0.05, 0.1) is 13.0 Å². The van der Waals surface area contributed by atoms with E-state index in [-0.39, 0.29) is 11.5 Å². The molecule has 1 aromatic heterocycles. The summed E-state index contributed by atoms with van der Waals surface area (Å²) in [6, 6.07) is 15.6. The number of pyridine rings is 1. The van der Waals surface area contributed by atoms with Crippen LogP contribution in [0.3, 0.4) is 0 Å². The maximum Gasteiger partial charge on any atom is 0.251 e. The van der Waals surface area contributed by atoms with Gasteiger partial charge in [-0.1, -0.05) is 32.0 Å². The molecule has 0 bridgehead atoms. The lowest BCUT2D eigenvalue weighted by atomic mass is 10.0. The van der Waals surface area contributed by atoms with Crippen molar-refractivity contribution in [1.82, 2.24) is 10.3 Å².